The highest BCUT2D eigenvalue weighted by molar-refractivity contribution is 7.87. The van der Waals surface area contributed by atoms with Gasteiger partial charge in [0.1, 0.15) is 5.54 Å². The molecule has 0 aromatic rings. The lowest BCUT2D eigenvalue weighted by Crippen LogP contribution is -2.59. The molecule has 1 saturated carbocycles. The summed E-state index contributed by atoms with van der Waals surface area (Å²) in [4.78, 5) is 11.4. The summed E-state index contributed by atoms with van der Waals surface area (Å²) >= 11 is 0. The van der Waals surface area contributed by atoms with Gasteiger partial charge in [0.2, 0.25) is 0 Å². The van der Waals surface area contributed by atoms with Gasteiger partial charge in [-0.05, 0) is 25.2 Å². The van der Waals surface area contributed by atoms with E-state index in [0.29, 0.717) is 25.8 Å². The van der Waals surface area contributed by atoms with E-state index in [1.165, 1.54) is 0 Å². The summed E-state index contributed by atoms with van der Waals surface area (Å²) in [7, 11) is -3.75. The third-order valence-electron chi connectivity index (χ3n) is 3.28. The van der Waals surface area contributed by atoms with E-state index in [9.17, 15) is 18.3 Å². The van der Waals surface area contributed by atoms with E-state index in [1.807, 2.05) is 13.8 Å². The number of hydrogen-bond acceptors (Lipinski definition) is 3. The molecule has 1 aliphatic rings. The predicted molar refractivity (Wildman–Crippen MR) is 68.3 cm³/mol. The number of hydrogen-bond donors (Lipinski definition) is 3. The molecule has 106 valence electrons. The fourth-order valence-corrected chi connectivity index (χ4v) is 3.74. The molecule has 0 aromatic heterocycles. The predicted octanol–water partition coefficient (Wildman–Crippen LogP) is 0.854. The zero-order valence-corrected chi connectivity index (χ0v) is 11.7. The standard InChI is InChI=1S/C11H22N2O4S/c1-3-7-12-18(16,17)13-11(10(14)15)6-4-5-9(2)8-11/h9,12-13H,3-8H2,1-2H3,(H,14,15). The summed E-state index contributed by atoms with van der Waals surface area (Å²) in [5.41, 5.74) is -1.35. The molecule has 0 aromatic carbocycles. The SMILES string of the molecule is CCCNS(=O)(=O)NC1(C(=O)O)CCCC(C)C1. The first-order chi connectivity index (χ1) is 8.31. The van der Waals surface area contributed by atoms with Crippen molar-refractivity contribution in [3.63, 3.8) is 0 Å². The number of aliphatic carboxylic acids is 1. The number of nitrogens with one attached hydrogen (secondary N) is 2. The number of rotatable bonds is 6. The minimum atomic E-state index is -3.75. The largest absolute Gasteiger partial charge is 0.480 e. The molecular formula is C11H22N2O4S. The molecule has 1 aliphatic carbocycles. The van der Waals surface area contributed by atoms with Crippen molar-refractivity contribution in [3.05, 3.63) is 0 Å². The van der Waals surface area contributed by atoms with Gasteiger partial charge in [-0.3, -0.25) is 4.79 Å². The van der Waals surface area contributed by atoms with Gasteiger partial charge in [-0.25, -0.2) is 4.72 Å². The minimum absolute atomic E-state index is 0.212. The third-order valence-corrected chi connectivity index (χ3v) is 4.52. The Kier molecular flexibility index (Phi) is 5.12. The monoisotopic (exact) mass is 278 g/mol. The summed E-state index contributed by atoms with van der Waals surface area (Å²) in [6.45, 7) is 4.10. The summed E-state index contributed by atoms with van der Waals surface area (Å²) in [6, 6.07) is 0. The van der Waals surface area contributed by atoms with Crippen molar-refractivity contribution in [1.82, 2.24) is 9.44 Å². The molecule has 0 heterocycles. The highest BCUT2D eigenvalue weighted by Gasteiger charge is 2.44. The van der Waals surface area contributed by atoms with Gasteiger partial charge in [0.25, 0.3) is 10.2 Å². The van der Waals surface area contributed by atoms with Gasteiger partial charge in [-0.1, -0.05) is 26.7 Å². The first kappa shape index (κ1) is 15.4. The van der Waals surface area contributed by atoms with Crippen LogP contribution in [0.4, 0.5) is 0 Å². The van der Waals surface area contributed by atoms with Crippen LogP contribution in [0.25, 0.3) is 0 Å². The number of carboxylic acids is 1. The summed E-state index contributed by atoms with van der Waals surface area (Å²) < 4.78 is 28.3. The Morgan fingerprint density at radius 3 is 2.67 bits per heavy atom. The normalized spacial score (nSPS) is 29.1. The zero-order valence-electron chi connectivity index (χ0n) is 10.9. The van der Waals surface area contributed by atoms with Crippen LogP contribution in [0.5, 0.6) is 0 Å². The Morgan fingerprint density at radius 1 is 1.50 bits per heavy atom. The summed E-state index contributed by atoms with van der Waals surface area (Å²) in [5, 5.41) is 9.34. The molecule has 0 spiro atoms. The van der Waals surface area contributed by atoms with Gasteiger partial charge in [0.15, 0.2) is 0 Å². The van der Waals surface area contributed by atoms with Gasteiger partial charge >= 0.3 is 5.97 Å². The Morgan fingerprint density at radius 2 is 2.17 bits per heavy atom. The van der Waals surface area contributed by atoms with E-state index in [0.717, 1.165) is 12.8 Å². The maximum atomic E-state index is 11.8. The smallest absolute Gasteiger partial charge is 0.324 e. The van der Waals surface area contributed by atoms with Crippen molar-refractivity contribution in [2.75, 3.05) is 6.54 Å². The topological polar surface area (TPSA) is 95.5 Å². The van der Waals surface area contributed by atoms with Gasteiger partial charge in [-0.15, -0.1) is 0 Å². The van der Waals surface area contributed by atoms with E-state index in [1.54, 1.807) is 0 Å². The summed E-state index contributed by atoms with van der Waals surface area (Å²) in [6.07, 6.45) is 3.02. The molecule has 0 amide bonds. The molecule has 1 fully saturated rings. The first-order valence-electron chi connectivity index (χ1n) is 6.33. The average molecular weight is 278 g/mol. The van der Waals surface area contributed by atoms with E-state index < -0.39 is 21.7 Å². The van der Waals surface area contributed by atoms with Crippen molar-refractivity contribution < 1.29 is 18.3 Å². The Balaban J connectivity index is 2.83. The van der Waals surface area contributed by atoms with E-state index >= 15 is 0 Å². The molecule has 3 N–H and O–H groups in total. The average Bonchev–Trinajstić information content (AvgIpc) is 2.25. The molecular weight excluding hydrogens is 256 g/mol. The fourth-order valence-electron chi connectivity index (χ4n) is 2.41. The third kappa shape index (κ3) is 3.93. The van der Waals surface area contributed by atoms with Crippen molar-refractivity contribution in [2.45, 2.75) is 51.5 Å². The first-order valence-corrected chi connectivity index (χ1v) is 7.81. The molecule has 18 heavy (non-hydrogen) atoms. The second kappa shape index (κ2) is 5.99. The van der Waals surface area contributed by atoms with Gasteiger partial charge in [-0.2, -0.15) is 13.1 Å². The lowest BCUT2D eigenvalue weighted by Gasteiger charge is -2.36. The van der Waals surface area contributed by atoms with Crippen LogP contribution in [0.15, 0.2) is 0 Å². The summed E-state index contributed by atoms with van der Waals surface area (Å²) in [5.74, 6) is -0.875. The van der Waals surface area contributed by atoms with Crippen molar-refractivity contribution in [3.8, 4) is 0 Å². The van der Waals surface area contributed by atoms with Crippen LogP contribution in [0.1, 0.15) is 46.0 Å². The molecule has 0 bridgehead atoms. The molecule has 7 heteroatoms. The van der Waals surface area contributed by atoms with E-state index in [2.05, 4.69) is 9.44 Å². The van der Waals surface area contributed by atoms with Gasteiger partial charge in [0.05, 0.1) is 0 Å². The molecule has 0 aliphatic heterocycles. The van der Waals surface area contributed by atoms with Crippen LogP contribution in [0, 0.1) is 5.92 Å². The van der Waals surface area contributed by atoms with Crippen LogP contribution >= 0.6 is 0 Å². The Labute approximate surface area is 108 Å². The maximum Gasteiger partial charge on any atom is 0.324 e. The highest BCUT2D eigenvalue weighted by Crippen LogP contribution is 2.32. The second-order valence-electron chi connectivity index (χ2n) is 5.09. The lowest BCUT2D eigenvalue weighted by atomic mass is 9.77. The van der Waals surface area contributed by atoms with Crippen molar-refractivity contribution in [1.29, 1.82) is 0 Å². The Bertz CT molecular complexity index is 396. The lowest BCUT2D eigenvalue weighted by molar-refractivity contribution is -0.146. The van der Waals surface area contributed by atoms with Crippen LogP contribution in [0.3, 0.4) is 0 Å². The van der Waals surface area contributed by atoms with Crippen molar-refractivity contribution in [2.24, 2.45) is 5.92 Å². The molecule has 0 radical (unpaired) electrons. The van der Waals surface area contributed by atoms with E-state index in [4.69, 9.17) is 0 Å². The van der Waals surface area contributed by atoms with Crippen LogP contribution in [0.2, 0.25) is 0 Å². The van der Waals surface area contributed by atoms with Gasteiger partial charge < -0.3 is 5.11 Å². The zero-order chi connectivity index (χ0) is 13.8. The quantitative estimate of drug-likeness (QED) is 0.671. The van der Waals surface area contributed by atoms with Crippen LogP contribution in [-0.2, 0) is 15.0 Å². The van der Waals surface area contributed by atoms with Crippen LogP contribution < -0.4 is 9.44 Å². The number of carboxylic acid groups (broad SMARTS) is 1. The van der Waals surface area contributed by atoms with Crippen LogP contribution in [-0.4, -0.2) is 31.6 Å². The molecule has 0 saturated heterocycles. The molecule has 2 atom stereocenters. The molecule has 2 unspecified atom stereocenters. The van der Waals surface area contributed by atoms with E-state index in [-0.39, 0.29) is 5.92 Å². The van der Waals surface area contributed by atoms with Gasteiger partial charge in [0, 0.05) is 6.54 Å². The molecule has 6 nitrogen and oxygen atoms in total. The Hall–Kier alpha value is -0.660. The molecule has 1 rings (SSSR count). The maximum absolute atomic E-state index is 11.8. The fraction of sp³-hybridized carbons (Fsp3) is 0.909. The second-order valence-corrected chi connectivity index (χ2v) is 6.59. The van der Waals surface area contributed by atoms with Crippen molar-refractivity contribution >= 4 is 16.2 Å². The highest BCUT2D eigenvalue weighted by atomic mass is 32.2. The number of carbonyl (C=O) groups is 1. The minimum Gasteiger partial charge on any atom is -0.480 e.